The van der Waals surface area contributed by atoms with Crippen LogP contribution in [0.1, 0.15) is 13.3 Å². The van der Waals surface area contributed by atoms with Crippen LogP contribution < -0.4 is 4.74 Å². The number of benzene rings is 1. The second kappa shape index (κ2) is 4.49. The molecule has 0 spiro atoms. The lowest BCUT2D eigenvalue weighted by atomic mass is 10.2. The fourth-order valence-electron chi connectivity index (χ4n) is 1.45. The zero-order valence-electron chi connectivity index (χ0n) is 8.53. The molecule has 1 aromatic heterocycles. The number of halogens is 1. The quantitative estimate of drug-likeness (QED) is 0.789. The molecule has 3 heteroatoms. The molecule has 0 amide bonds. The minimum Gasteiger partial charge on any atom is -0.477 e. The van der Waals surface area contributed by atoms with Crippen molar-refractivity contribution in [3.05, 3.63) is 35.5 Å². The Morgan fingerprint density at radius 1 is 1.27 bits per heavy atom. The van der Waals surface area contributed by atoms with Crippen LogP contribution in [0, 0.1) is 0 Å². The van der Waals surface area contributed by atoms with Gasteiger partial charge >= 0.3 is 0 Å². The van der Waals surface area contributed by atoms with E-state index >= 15 is 0 Å². The van der Waals surface area contributed by atoms with Gasteiger partial charge in [-0.05, 0) is 12.5 Å². The molecule has 2 aromatic rings. The van der Waals surface area contributed by atoms with E-state index in [1.54, 1.807) is 6.20 Å². The van der Waals surface area contributed by atoms with Gasteiger partial charge in [-0.3, -0.25) is 0 Å². The first kappa shape index (κ1) is 10.2. The molecule has 0 aliphatic heterocycles. The Morgan fingerprint density at radius 3 is 2.73 bits per heavy atom. The molecule has 78 valence electrons. The highest BCUT2D eigenvalue weighted by Crippen LogP contribution is 2.28. The lowest BCUT2D eigenvalue weighted by molar-refractivity contribution is 0.309. The van der Waals surface area contributed by atoms with E-state index in [1.807, 2.05) is 24.3 Å². The van der Waals surface area contributed by atoms with Crippen LogP contribution in [0.3, 0.4) is 0 Å². The second-order valence-corrected chi connectivity index (χ2v) is 3.71. The third-order valence-corrected chi connectivity index (χ3v) is 2.45. The summed E-state index contributed by atoms with van der Waals surface area (Å²) in [5.41, 5.74) is 0. The Morgan fingerprint density at radius 2 is 2.00 bits per heavy atom. The van der Waals surface area contributed by atoms with Gasteiger partial charge in [0.1, 0.15) is 0 Å². The third-order valence-electron chi connectivity index (χ3n) is 2.15. The van der Waals surface area contributed by atoms with Crippen molar-refractivity contribution in [1.29, 1.82) is 0 Å². The summed E-state index contributed by atoms with van der Waals surface area (Å²) in [7, 11) is 0. The molecular weight excluding hydrogens is 210 g/mol. The minimum atomic E-state index is 0.662. The fourth-order valence-corrected chi connectivity index (χ4v) is 1.66. The molecule has 0 aliphatic rings. The van der Waals surface area contributed by atoms with Gasteiger partial charge in [0.15, 0.2) is 0 Å². The zero-order valence-corrected chi connectivity index (χ0v) is 9.29. The lowest BCUT2D eigenvalue weighted by Gasteiger charge is -2.07. The standard InChI is InChI=1S/C12H12ClNO/c1-2-7-15-12-10-6-4-3-5-9(10)11(13)8-14-12/h3-6,8H,2,7H2,1H3. The molecule has 2 nitrogen and oxygen atoms in total. The Bertz CT molecular complexity index is 470. The molecule has 0 radical (unpaired) electrons. The smallest absolute Gasteiger partial charge is 0.221 e. The van der Waals surface area contributed by atoms with Crippen molar-refractivity contribution >= 4 is 22.4 Å². The first-order chi connectivity index (χ1) is 7.33. The van der Waals surface area contributed by atoms with Crippen LogP contribution in [0.5, 0.6) is 5.88 Å². The Hall–Kier alpha value is -1.28. The summed E-state index contributed by atoms with van der Waals surface area (Å²) in [6.07, 6.45) is 2.60. The van der Waals surface area contributed by atoms with Crippen LogP contribution in [-0.4, -0.2) is 11.6 Å². The molecular formula is C12H12ClNO. The van der Waals surface area contributed by atoms with Crippen molar-refractivity contribution in [3.63, 3.8) is 0 Å². The number of nitrogens with zero attached hydrogens (tertiary/aromatic N) is 1. The van der Waals surface area contributed by atoms with E-state index in [4.69, 9.17) is 16.3 Å². The van der Waals surface area contributed by atoms with Crippen molar-refractivity contribution in [3.8, 4) is 5.88 Å². The average Bonchev–Trinajstić information content (AvgIpc) is 2.29. The molecule has 1 heterocycles. The summed E-state index contributed by atoms with van der Waals surface area (Å²) in [4.78, 5) is 4.19. The van der Waals surface area contributed by atoms with Gasteiger partial charge in [0.05, 0.1) is 17.8 Å². The van der Waals surface area contributed by atoms with Gasteiger partial charge in [0.2, 0.25) is 5.88 Å². The van der Waals surface area contributed by atoms with E-state index < -0.39 is 0 Å². The highest BCUT2D eigenvalue weighted by Gasteiger charge is 2.05. The van der Waals surface area contributed by atoms with Crippen LogP contribution in [0.4, 0.5) is 0 Å². The summed E-state index contributed by atoms with van der Waals surface area (Å²) in [6, 6.07) is 7.86. The molecule has 0 saturated heterocycles. The number of pyridine rings is 1. The van der Waals surface area contributed by atoms with Gasteiger partial charge in [-0.2, -0.15) is 0 Å². The van der Waals surface area contributed by atoms with E-state index in [2.05, 4.69) is 11.9 Å². The van der Waals surface area contributed by atoms with Gasteiger partial charge in [-0.15, -0.1) is 0 Å². The highest BCUT2D eigenvalue weighted by atomic mass is 35.5. The highest BCUT2D eigenvalue weighted by molar-refractivity contribution is 6.35. The number of ether oxygens (including phenoxy) is 1. The van der Waals surface area contributed by atoms with Crippen LogP contribution in [0.15, 0.2) is 30.5 Å². The topological polar surface area (TPSA) is 22.1 Å². The van der Waals surface area contributed by atoms with E-state index in [0.29, 0.717) is 17.5 Å². The Balaban J connectivity index is 2.51. The molecule has 0 saturated carbocycles. The summed E-state index contributed by atoms with van der Waals surface area (Å²) < 4.78 is 5.55. The molecule has 0 atom stereocenters. The van der Waals surface area contributed by atoms with Gasteiger partial charge in [-0.25, -0.2) is 4.98 Å². The zero-order chi connectivity index (χ0) is 10.7. The summed E-state index contributed by atoms with van der Waals surface area (Å²) in [5.74, 6) is 0.664. The Kier molecular flexibility index (Phi) is 3.07. The van der Waals surface area contributed by atoms with Gasteiger partial charge < -0.3 is 4.74 Å². The van der Waals surface area contributed by atoms with Crippen molar-refractivity contribution < 1.29 is 4.74 Å². The predicted molar refractivity (Wildman–Crippen MR) is 62.5 cm³/mol. The summed E-state index contributed by atoms with van der Waals surface area (Å²) in [5, 5.41) is 2.62. The number of rotatable bonds is 3. The molecule has 0 bridgehead atoms. The van der Waals surface area contributed by atoms with Crippen molar-refractivity contribution in [2.24, 2.45) is 0 Å². The van der Waals surface area contributed by atoms with Crippen molar-refractivity contribution in [1.82, 2.24) is 4.98 Å². The monoisotopic (exact) mass is 221 g/mol. The van der Waals surface area contributed by atoms with Gasteiger partial charge in [0, 0.05) is 10.8 Å². The number of hydrogen-bond acceptors (Lipinski definition) is 2. The van der Waals surface area contributed by atoms with Crippen LogP contribution in [-0.2, 0) is 0 Å². The van der Waals surface area contributed by atoms with E-state index in [0.717, 1.165) is 17.2 Å². The first-order valence-electron chi connectivity index (χ1n) is 4.99. The predicted octanol–water partition coefficient (Wildman–Crippen LogP) is 3.68. The second-order valence-electron chi connectivity index (χ2n) is 3.31. The SMILES string of the molecule is CCCOc1ncc(Cl)c2ccccc12. The number of hydrogen-bond donors (Lipinski definition) is 0. The van der Waals surface area contributed by atoms with E-state index in [1.165, 1.54) is 0 Å². The van der Waals surface area contributed by atoms with Crippen LogP contribution >= 0.6 is 11.6 Å². The third kappa shape index (κ3) is 2.05. The summed E-state index contributed by atoms with van der Waals surface area (Å²) >= 11 is 6.04. The number of fused-ring (bicyclic) bond motifs is 1. The molecule has 0 unspecified atom stereocenters. The van der Waals surface area contributed by atoms with Gasteiger partial charge in [-0.1, -0.05) is 36.7 Å². The van der Waals surface area contributed by atoms with Crippen molar-refractivity contribution in [2.45, 2.75) is 13.3 Å². The van der Waals surface area contributed by atoms with E-state index in [-0.39, 0.29) is 0 Å². The Labute approximate surface area is 93.8 Å². The molecule has 2 rings (SSSR count). The van der Waals surface area contributed by atoms with Gasteiger partial charge in [0.25, 0.3) is 0 Å². The van der Waals surface area contributed by atoms with E-state index in [9.17, 15) is 0 Å². The van der Waals surface area contributed by atoms with Crippen LogP contribution in [0.25, 0.3) is 10.8 Å². The molecule has 0 fully saturated rings. The van der Waals surface area contributed by atoms with Crippen molar-refractivity contribution in [2.75, 3.05) is 6.61 Å². The molecule has 0 aliphatic carbocycles. The number of aromatic nitrogens is 1. The summed E-state index contributed by atoms with van der Waals surface area (Å²) in [6.45, 7) is 2.75. The normalized spacial score (nSPS) is 10.5. The first-order valence-corrected chi connectivity index (χ1v) is 5.36. The fraction of sp³-hybridized carbons (Fsp3) is 0.250. The largest absolute Gasteiger partial charge is 0.477 e. The molecule has 15 heavy (non-hydrogen) atoms. The maximum absolute atomic E-state index is 6.04. The maximum Gasteiger partial charge on any atom is 0.221 e. The van der Waals surface area contributed by atoms with Crippen LogP contribution in [0.2, 0.25) is 5.02 Å². The maximum atomic E-state index is 6.04. The molecule has 1 aromatic carbocycles. The minimum absolute atomic E-state index is 0.662. The lowest BCUT2D eigenvalue weighted by Crippen LogP contribution is -1.97. The average molecular weight is 222 g/mol. The molecule has 0 N–H and O–H groups in total.